The van der Waals surface area contributed by atoms with E-state index in [-0.39, 0.29) is 17.9 Å². The first-order valence-electron chi connectivity index (χ1n) is 11.4. The van der Waals surface area contributed by atoms with Gasteiger partial charge in [-0.25, -0.2) is 0 Å². The number of methoxy groups -OCH3 is 2. The van der Waals surface area contributed by atoms with E-state index >= 15 is 0 Å². The van der Waals surface area contributed by atoms with Crippen LogP contribution in [-0.4, -0.2) is 68.2 Å². The number of nitrogens with zero attached hydrogens (tertiary/aromatic N) is 2. The lowest BCUT2D eigenvalue weighted by molar-refractivity contribution is -0.140. The van der Waals surface area contributed by atoms with Gasteiger partial charge in [-0.3, -0.25) is 14.5 Å². The van der Waals surface area contributed by atoms with E-state index in [1.807, 2.05) is 30.0 Å². The molecule has 6 nitrogen and oxygen atoms in total. The predicted octanol–water partition coefficient (Wildman–Crippen LogP) is 3.70. The second-order valence-corrected chi connectivity index (χ2v) is 8.62. The lowest BCUT2D eigenvalue weighted by Crippen LogP contribution is -2.43. The number of carbonyl (C=O) groups is 2. The number of hydrogen-bond acceptors (Lipinski definition) is 5. The smallest absolute Gasteiger partial charge is 0.278 e. The van der Waals surface area contributed by atoms with E-state index < -0.39 is 0 Å². The molecule has 170 valence electrons. The summed E-state index contributed by atoms with van der Waals surface area (Å²) in [4.78, 5) is 31.0. The molecule has 0 saturated heterocycles. The van der Waals surface area contributed by atoms with Crippen molar-refractivity contribution >= 4 is 17.4 Å². The third-order valence-corrected chi connectivity index (χ3v) is 6.52. The quantitative estimate of drug-likeness (QED) is 0.443. The van der Waals surface area contributed by atoms with Crippen molar-refractivity contribution in [1.82, 2.24) is 9.80 Å². The molecule has 1 aliphatic carbocycles. The van der Waals surface area contributed by atoms with Crippen molar-refractivity contribution in [2.24, 2.45) is 0 Å². The third kappa shape index (κ3) is 5.18. The largest absolute Gasteiger partial charge is 0.383 e. The van der Waals surface area contributed by atoms with Gasteiger partial charge >= 0.3 is 0 Å². The highest BCUT2D eigenvalue weighted by molar-refractivity contribution is 6.35. The van der Waals surface area contributed by atoms with Crippen molar-refractivity contribution in [3.8, 4) is 0 Å². The number of amides is 2. The lowest BCUT2D eigenvalue weighted by Gasteiger charge is -2.28. The van der Waals surface area contributed by atoms with Crippen LogP contribution in [0.25, 0.3) is 5.57 Å². The Kier molecular flexibility index (Phi) is 8.27. The summed E-state index contributed by atoms with van der Waals surface area (Å²) in [5.41, 5.74) is 4.10. The van der Waals surface area contributed by atoms with Gasteiger partial charge in [0.1, 0.15) is 5.70 Å². The van der Waals surface area contributed by atoms with Gasteiger partial charge in [-0.15, -0.1) is 0 Å². The van der Waals surface area contributed by atoms with Gasteiger partial charge in [0.15, 0.2) is 0 Å². The van der Waals surface area contributed by atoms with Crippen molar-refractivity contribution in [2.45, 2.75) is 58.4 Å². The molecule has 0 bridgehead atoms. The van der Waals surface area contributed by atoms with Gasteiger partial charge in [0.2, 0.25) is 0 Å². The number of carbonyl (C=O) groups excluding carboxylic acids is 2. The zero-order valence-electron chi connectivity index (χ0n) is 19.4. The molecule has 3 rings (SSSR count). The highest BCUT2D eigenvalue weighted by atomic mass is 16.5. The molecule has 1 aliphatic heterocycles. The second kappa shape index (κ2) is 10.9. The molecule has 0 radical (unpaired) electrons. The van der Waals surface area contributed by atoms with Crippen LogP contribution in [0.5, 0.6) is 0 Å². The average molecular weight is 429 g/mol. The van der Waals surface area contributed by atoms with Crippen LogP contribution in [0.3, 0.4) is 0 Å². The molecule has 0 unspecified atom stereocenters. The fourth-order valence-corrected chi connectivity index (χ4v) is 4.57. The van der Waals surface area contributed by atoms with Crippen LogP contribution < -0.4 is 0 Å². The number of aryl methyl sites for hydroxylation is 2. The summed E-state index contributed by atoms with van der Waals surface area (Å²) < 4.78 is 10.6. The SMILES string of the molecule is COCCN(CCOC)C1=C(c2ccc(C)c(C)c2)C(=O)N(C2CCCCCC2)C1=O. The summed E-state index contributed by atoms with van der Waals surface area (Å²) >= 11 is 0. The number of ether oxygens (including phenoxy) is 2. The summed E-state index contributed by atoms with van der Waals surface area (Å²) in [6.07, 6.45) is 6.25. The van der Waals surface area contributed by atoms with E-state index in [0.29, 0.717) is 37.6 Å². The highest BCUT2D eigenvalue weighted by Gasteiger charge is 2.44. The zero-order chi connectivity index (χ0) is 22.4. The summed E-state index contributed by atoms with van der Waals surface area (Å²) in [6.45, 7) is 6.09. The van der Waals surface area contributed by atoms with E-state index in [1.165, 1.54) is 18.4 Å². The molecule has 1 saturated carbocycles. The first kappa shape index (κ1) is 23.5. The van der Waals surface area contributed by atoms with E-state index in [9.17, 15) is 9.59 Å². The average Bonchev–Trinajstić information content (AvgIpc) is 2.92. The molecule has 1 aromatic rings. The topological polar surface area (TPSA) is 59.1 Å². The number of benzene rings is 1. The molecule has 2 amide bonds. The van der Waals surface area contributed by atoms with Crippen LogP contribution in [0.1, 0.15) is 55.2 Å². The van der Waals surface area contributed by atoms with E-state index in [0.717, 1.165) is 36.8 Å². The highest BCUT2D eigenvalue weighted by Crippen LogP contribution is 2.36. The van der Waals surface area contributed by atoms with Crippen molar-refractivity contribution in [2.75, 3.05) is 40.5 Å². The minimum absolute atomic E-state index is 0.0201. The van der Waals surface area contributed by atoms with Crippen molar-refractivity contribution < 1.29 is 19.1 Å². The van der Waals surface area contributed by atoms with Crippen LogP contribution in [-0.2, 0) is 19.1 Å². The molecule has 1 heterocycles. The number of rotatable bonds is 9. The molecule has 1 fully saturated rings. The molecule has 31 heavy (non-hydrogen) atoms. The number of imide groups is 1. The number of hydrogen-bond donors (Lipinski definition) is 0. The van der Waals surface area contributed by atoms with Crippen LogP contribution >= 0.6 is 0 Å². The predicted molar refractivity (Wildman–Crippen MR) is 122 cm³/mol. The Morgan fingerprint density at radius 2 is 1.52 bits per heavy atom. The standard InChI is InChI=1S/C25H36N2O4/c1-18-11-12-20(17-19(18)2)22-23(26(13-15-30-3)14-16-31-4)25(29)27(24(22)28)21-9-7-5-6-8-10-21/h11-12,17,21H,5-10,13-16H2,1-4H3. The fourth-order valence-electron chi connectivity index (χ4n) is 4.57. The van der Waals surface area contributed by atoms with Gasteiger partial charge < -0.3 is 14.4 Å². The Morgan fingerprint density at radius 1 is 0.903 bits per heavy atom. The fraction of sp³-hybridized carbons (Fsp3) is 0.600. The van der Waals surface area contributed by atoms with Crippen LogP contribution in [0.15, 0.2) is 23.9 Å². The minimum atomic E-state index is -0.169. The molecule has 0 aromatic heterocycles. The lowest BCUT2D eigenvalue weighted by atomic mass is 9.99. The molecule has 6 heteroatoms. The first-order valence-corrected chi connectivity index (χ1v) is 11.4. The van der Waals surface area contributed by atoms with E-state index in [2.05, 4.69) is 6.92 Å². The van der Waals surface area contributed by atoms with E-state index in [4.69, 9.17) is 9.47 Å². The molecule has 2 aliphatic rings. The monoisotopic (exact) mass is 428 g/mol. The Morgan fingerprint density at radius 3 is 2.06 bits per heavy atom. The zero-order valence-corrected chi connectivity index (χ0v) is 19.4. The van der Waals surface area contributed by atoms with Gasteiger partial charge in [-0.1, -0.05) is 43.9 Å². The Balaban J connectivity index is 2.06. The summed E-state index contributed by atoms with van der Waals surface area (Å²) in [5, 5.41) is 0. The molecule has 0 atom stereocenters. The minimum Gasteiger partial charge on any atom is -0.383 e. The molecule has 1 aromatic carbocycles. The molecule has 0 N–H and O–H groups in total. The second-order valence-electron chi connectivity index (χ2n) is 8.62. The van der Waals surface area contributed by atoms with Gasteiger partial charge in [0, 0.05) is 33.4 Å². The van der Waals surface area contributed by atoms with Gasteiger partial charge in [0.25, 0.3) is 11.8 Å². The normalized spacial score (nSPS) is 18.1. The molecule has 0 spiro atoms. The summed E-state index contributed by atoms with van der Waals surface area (Å²) in [5.74, 6) is -0.327. The van der Waals surface area contributed by atoms with Crippen molar-refractivity contribution in [3.63, 3.8) is 0 Å². The molecular weight excluding hydrogens is 392 g/mol. The van der Waals surface area contributed by atoms with E-state index in [1.54, 1.807) is 19.1 Å². The van der Waals surface area contributed by atoms with Crippen LogP contribution in [0.2, 0.25) is 0 Å². The van der Waals surface area contributed by atoms with Gasteiger partial charge in [-0.05, 0) is 43.4 Å². The maximum Gasteiger partial charge on any atom is 0.278 e. The maximum atomic E-state index is 13.8. The van der Waals surface area contributed by atoms with Gasteiger partial charge in [0.05, 0.1) is 18.8 Å². The maximum absolute atomic E-state index is 13.8. The van der Waals surface area contributed by atoms with Crippen LogP contribution in [0, 0.1) is 13.8 Å². The Labute approximate surface area is 186 Å². The van der Waals surface area contributed by atoms with Crippen molar-refractivity contribution in [3.05, 3.63) is 40.6 Å². The summed E-state index contributed by atoms with van der Waals surface area (Å²) in [6, 6.07) is 5.99. The molecular formula is C25H36N2O4. The first-order chi connectivity index (χ1) is 15.0. The Bertz CT molecular complexity index is 817. The Hall–Kier alpha value is -2.18. The third-order valence-electron chi connectivity index (χ3n) is 6.52. The van der Waals surface area contributed by atoms with Crippen molar-refractivity contribution in [1.29, 1.82) is 0 Å². The van der Waals surface area contributed by atoms with Gasteiger partial charge in [-0.2, -0.15) is 0 Å². The van der Waals surface area contributed by atoms with Crippen LogP contribution in [0.4, 0.5) is 0 Å². The summed E-state index contributed by atoms with van der Waals surface area (Å²) in [7, 11) is 3.29.